The third-order valence-electron chi connectivity index (χ3n) is 0.701. The van der Waals surface area contributed by atoms with Crippen LogP contribution in [0.2, 0.25) is 0 Å². The van der Waals surface area contributed by atoms with Crippen LogP contribution in [0.1, 0.15) is 13.3 Å². The van der Waals surface area contributed by atoms with E-state index < -0.39 is 16.2 Å². The van der Waals surface area contributed by atoms with Gasteiger partial charge in [0.2, 0.25) is 0 Å². The maximum Gasteiger partial charge on any atom is 0.342 e. The van der Waals surface area contributed by atoms with Gasteiger partial charge in [-0.1, -0.05) is 6.92 Å². The Morgan fingerprint density at radius 2 is 2.00 bits per heavy atom. The van der Waals surface area contributed by atoms with Gasteiger partial charge in [-0.3, -0.25) is 0 Å². The van der Waals surface area contributed by atoms with Gasteiger partial charge >= 0.3 is 12.1 Å². The van der Waals surface area contributed by atoms with Crippen LogP contribution >= 0.6 is 22.6 Å². The number of halogens is 4. The van der Waals surface area contributed by atoms with Crippen LogP contribution in [0.4, 0.5) is 13.2 Å². The van der Waals surface area contributed by atoms with E-state index in [1.54, 1.807) is 29.5 Å². The molecule has 0 aliphatic carbocycles. The lowest BCUT2D eigenvalue weighted by Crippen LogP contribution is -1.99. The number of hydrogen-bond donors (Lipinski definition) is 0. The Hall–Kier alpha value is 0.0600. The summed E-state index contributed by atoms with van der Waals surface area (Å²) in [4.78, 5) is 0. The minimum atomic E-state index is -2.41. The normalized spacial score (nSPS) is 12.5. The van der Waals surface area contributed by atoms with Crippen LogP contribution in [-0.2, 0) is 4.74 Å². The van der Waals surface area contributed by atoms with Crippen molar-refractivity contribution >= 4 is 22.6 Å². The maximum absolute atomic E-state index is 11.9. The van der Waals surface area contributed by atoms with Gasteiger partial charge in [0.25, 0.3) is 0 Å². The highest BCUT2D eigenvalue weighted by atomic mass is 127. The van der Waals surface area contributed by atoms with E-state index in [9.17, 15) is 13.2 Å². The third-order valence-corrected chi connectivity index (χ3v) is 1.84. The average molecular weight is 266 g/mol. The molecule has 1 nitrogen and oxygen atoms in total. The van der Waals surface area contributed by atoms with E-state index in [2.05, 4.69) is 4.74 Å². The van der Waals surface area contributed by atoms with Crippen LogP contribution in [0.3, 0.4) is 0 Å². The van der Waals surface area contributed by atoms with Crippen molar-refractivity contribution in [2.24, 2.45) is 0 Å². The lowest BCUT2D eigenvalue weighted by molar-refractivity contribution is 0.109. The van der Waals surface area contributed by atoms with E-state index in [1.807, 2.05) is 0 Å². The van der Waals surface area contributed by atoms with E-state index in [-0.39, 0.29) is 0 Å². The first-order chi connectivity index (χ1) is 4.57. The molecule has 0 spiro atoms. The molecule has 0 saturated heterocycles. The third kappa shape index (κ3) is 3.97. The minimum absolute atomic E-state index is 0.487. The zero-order valence-electron chi connectivity index (χ0n) is 5.20. The van der Waals surface area contributed by atoms with Gasteiger partial charge in [-0.25, -0.2) is 0 Å². The lowest BCUT2D eigenvalue weighted by Gasteiger charge is -2.06. The zero-order valence-corrected chi connectivity index (χ0v) is 7.36. The van der Waals surface area contributed by atoms with E-state index in [1.165, 1.54) is 0 Å². The Morgan fingerprint density at radius 1 is 1.50 bits per heavy atom. The predicted molar refractivity (Wildman–Crippen MR) is 39.5 cm³/mol. The summed E-state index contributed by atoms with van der Waals surface area (Å²) in [6.07, 6.45) is -1.92. The topological polar surface area (TPSA) is 9.23 Å². The molecule has 0 aromatic heterocycles. The molecule has 0 bridgehead atoms. The van der Waals surface area contributed by atoms with Gasteiger partial charge < -0.3 is 4.74 Å². The highest BCUT2D eigenvalue weighted by molar-refractivity contribution is 14.1. The summed E-state index contributed by atoms with van der Waals surface area (Å²) < 4.78 is 38.1. The fourth-order valence-electron chi connectivity index (χ4n) is 0.240. The number of rotatable bonds is 3. The first-order valence-corrected chi connectivity index (χ1v) is 3.84. The van der Waals surface area contributed by atoms with Crippen LogP contribution in [0.5, 0.6) is 0 Å². The molecule has 0 saturated carbocycles. The molecule has 0 amide bonds. The first kappa shape index (κ1) is 10.1. The number of hydrogen-bond acceptors (Lipinski definition) is 1. The van der Waals surface area contributed by atoms with Crippen LogP contribution in [-0.4, -0.2) is 4.11 Å². The smallest absolute Gasteiger partial charge is 0.342 e. The quantitative estimate of drug-likeness (QED) is 0.433. The van der Waals surface area contributed by atoms with Crippen molar-refractivity contribution in [3.63, 3.8) is 0 Å². The molecule has 0 aromatic carbocycles. The van der Waals surface area contributed by atoms with Crippen molar-refractivity contribution in [2.45, 2.75) is 17.5 Å². The van der Waals surface area contributed by atoms with Gasteiger partial charge in [0.15, 0.2) is 4.11 Å². The summed E-state index contributed by atoms with van der Waals surface area (Å²) in [6.45, 7) is 1.71. The summed E-state index contributed by atoms with van der Waals surface area (Å²) in [6, 6.07) is -1.78. The van der Waals surface area contributed by atoms with Crippen LogP contribution in [0.15, 0.2) is 12.1 Å². The molecule has 0 heterocycles. The molecular weight excluding hydrogens is 260 g/mol. The molecule has 0 radical (unpaired) electrons. The highest BCUT2D eigenvalue weighted by Crippen LogP contribution is 2.17. The van der Waals surface area contributed by atoms with Gasteiger partial charge in [-0.15, -0.1) is 0 Å². The number of ether oxygens (including phenoxy) is 1. The Balaban J connectivity index is 3.79. The Bertz CT molecular complexity index is 133. The van der Waals surface area contributed by atoms with Crippen LogP contribution in [0, 0.1) is 0 Å². The molecule has 1 atom stereocenters. The Kier molecular flexibility index (Phi) is 4.84. The molecule has 0 aliphatic rings. The summed E-state index contributed by atoms with van der Waals surface area (Å²) in [5, 5.41) is 0. The second kappa shape index (κ2) is 4.81. The van der Waals surface area contributed by atoms with Gasteiger partial charge in [0.1, 0.15) is 0 Å². The van der Waals surface area contributed by atoms with Gasteiger partial charge in [0, 0.05) is 0 Å². The van der Waals surface area contributed by atoms with Gasteiger partial charge in [-0.05, 0) is 29.0 Å². The maximum atomic E-state index is 11.9. The van der Waals surface area contributed by atoms with Crippen LogP contribution in [0.25, 0.3) is 0 Å². The van der Waals surface area contributed by atoms with Crippen molar-refractivity contribution < 1.29 is 17.9 Å². The van der Waals surface area contributed by atoms with E-state index >= 15 is 0 Å². The molecule has 1 unspecified atom stereocenters. The standard InChI is InChI=1S/C5H6F3IO/c1-2-3(9)10-5(8)4(6)7/h3H,2H2,1H3. The van der Waals surface area contributed by atoms with Crippen molar-refractivity contribution in [1.29, 1.82) is 0 Å². The first-order valence-electron chi connectivity index (χ1n) is 2.59. The van der Waals surface area contributed by atoms with E-state index in [4.69, 9.17) is 0 Å². The van der Waals surface area contributed by atoms with Crippen molar-refractivity contribution in [2.75, 3.05) is 0 Å². The molecule has 0 fully saturated rings. The molecule has 5 heteroatoms. The highest BCUT2D eigenvalue weighted by Gasteiger charge is 2.10. The molecule has 0 aliphatic heterocycles. The number of alkyl halides is 1. The molecule has 0 rings (SSSR count). The largest absolute Gasteiger partial charge is 0.453 e. The summed E-state index contributed by atoms with van der Waals surface area (Å²) in [5.41, 5.74) is 0. The van der Waals surface area contributed by atoms with Gasteiger partial charge in [-0.2, -0.15) is 13.2 Å². The summed E-state index contributed by atoms with van der Waals surface area (Å²) >= 11 is 1.72. The average Bonchev–Trinajstić information content (AvgIpc) is 1.87. The van der Waals surface area contributed by atoms with E-state index in [0.717, 1.165) is 0 Å². The fourth-order valence-corrected chi connectivity index (χ4v) is 0.463. The fraction of sp³-hybridized carbons (Fsp3) is 0.600. The second-order valence-electron chi connectivity index (χ2n) is 1.47. The van der Waals surface area contributed by atoms with Crippen molar-refractivity contribution in [3.8, 4) is 0 Å². The van der Waals surface area contributed by atoms with Crippen molar-refractivity contribution in [1.82, 2.24) is 0 Å². The van der Waals surface area contributed by atoms with Gasteiger partial charge in [0.05, 0.1) is 0 Å². The Labute approximate surface area is 70.4 Å². The SMILES string of the molecule is CCC(I)OC(F)=C(F)F. The monoisotopic (exact) mass is 266 g/mol. The second-order valence-corrected chi connectivity index (χ2v) is 2.86. The molecule has 10 heavy (non-hydrogen) atoms. The zero-order chi connectivity index (χ0) is 8.15. The predicted octanol–water partition coefficient (Wildman–Crippen LogP) is 3.21. The summed E-state index contributed by atoms with van der Waals surface area (Å²) in [5.74, 6) is 0. The Morgan fingerprint density at radius 3 is 2.30 bits per heavy atom. The summed E-state index contributed by atoms with van der Waals surface area (Å²) in [7, 11) is 0. The molecular formula is C5H6F3IO. The van der Waals surface area contributed by atoms with E-state index in [0.29, 0.717) is 6.42 Å². The molecule has 0 aromatic rings. The van der Waals surface area contributed by atoms with Crippen LogP contribution < -0.4 is 0 Å². The minimum Gasteiger partial charge on any atom is -0.453 e. The molecule has 0 N–H and O–H groups in total. The lowest BCUT2D eigenvalue weighted by atomic mass is 10.5. The van der Waals surface area contributed by atoms with Crippen molar-refractivity contribution in [3.05, 3.63) is 12.1 Å². The molecule has 60 valence electrons.